The van der Waals surface area contributed by atoms with E-state index in [0.717, 1.165) is 18.9 Å². The number of amides is 1. The number of rotatable bonds is 3. The molecule has 2 aliphatic rings. The van der Waals surface area contributed by atoms with Crippen LogP contribution in [0.1, 0.15) is 45.4 Å². The summed E-state index contributed by atoms with van der Waals surface area (Å²) in [7, 11) is 0. The van der Waals surface area contributed by atoms with Crippen LogP contribution in [-0.4, -0.2) is 24.5 Å². The maximum absolute atomic E-state index is 11.9. The Morgan fingerprint density at radius 1 is 1.40 bits per heavy atom. The standard InChI is InChI=1S/C12H22N2O/c1-2-9-6-7-13-11(8-9)12(15)14-10-4-3-5-10/h9-11,13H,2-8H2,1H3,(H,14,15). The number of hydrogen-bond acceptors (Lipinski definition) is 2. The lowest BCUT2D eigenvalue weighted by Crippen LogP contribution is -2.52. The molecule has 0 aromatic carbocycles. The first-order chi connectivity index (χ1) is 7.29. The van der Waals surface area contributed by atoms with E-state index < -0.39 is 0 Å². The van der Waals surface area contributed by atoms with E-state index in [2.05, 4.69) is 17.6 Å². The van der Waals surface area contributed by atoms with E-state index in [-0.39, 0.29) is 11.9 Å². The number of hydrogen-bond donors (Lipinski definition) is 2. The molecule has 1 heterocycles. The Balaban J connectivity index is 1.78. The van der Waals surface area contributed by atoms with Crippen LogP contribution in [0.25, 0.3) is 0 Å². The molecule has 1 saturated carbocycles. The Bertz CT molecular complexity index is 226. The Morgan fingerprint density at radius 3 is 2.80 bits per heavy atom. The van der Waals surface area contributed by atoms with Crippen molar-refractivity contribution in [3.8, 4) is 0 Å². The number of piperidine rings is 1. The smallest absolute Gasteiger partial charge is 0.237 e. The molecule has 1 aliphatic carbocycles. The monoisotopic (exact) mass is 210 g/mol. The van der Waals surface area contributed by atoms with Crippen LogP contribution in [0, 0.1) is 5.92 Å². The molecule has 1 saturated heterocycles. The highest BCUT2D eigenvalue weighted by Gasteiger charge is 2.28. The van der Waals surface area contributed by atoms with E-state index in [0.29, 0.717) is 6.04 Å². The van der Waals surface area contributed by atoms with Crippen molar-refractivity contribution in [2.24, 2.45) is 5.92 Å². The molecular weight excluding hydrogens is 188 g/mol. The molecule has 0 bridgehead atoms. The van der Waals surface area contributed by atoms with Gasteiger partial charge in [-0.25, -0.2) is 0 Å². The Labute approximate surface area is 92.0 Å². The van der Waals surface area contributed by atoms with Gasteiger partial charge in [-0.2, -0.15) is 0 Å². The predicted octanol–water partition coefficient (Wildman–Crippen LogP) is 1.43. The minimum Gasteiger partial charge on any atom is -0.352 e. The molecule has 2 rings (SSSR count). The lowest BCUT2D eigenvalue weighted by atomic mass is 9.89. The molecule has 3 nitrogen and oxygen atoms in total. The van der Waals surface area contributed by atoms with Crippen molar-refractivity contribution in [3.63, 3.8) is 0 Å². The number of nitrogens with one attached hydrogen (secondary N) is 2. The molecule has 0 radical (unpaired) electrons. The molecule has 2 atom stereocenters. The summed E-state index contributed by atoms with van der Waals surface area (Å²) in [5.74, 6) is 0.973. The average molecular weight is 210 g/mol. The second-order valence-electron chi connectivity index (χ2n) is 4.94. The molecule has 2 unspecified atom stereocenters. The summed E-state index contributed by atoms with van der Waals surface area (Å²) in [4.78, 5) is 11.9. The molecule has 3 heteroatoms. The zero-order valence-electron chi connectivity index (χ0n) is 9.59. The predicted molar refractivity (Wildman–Crippen MR) is 60.6 cm³/mol. The lowest BCUT2D eigenvalue weighted by Gasteiger charge is -2.32. The van der Waals surface area contributed by atoms with Gasteiger partial charge in [-0.1, -0.05) is 13.3 Å². The maximum atomic E-state index is 11.9. The van der Waals surface area contributed by atoms with Gasteiger partial charge in [-0.15, -0.1) is 0 Å². The summed E-state index contributed by atoms with van der Waals surface area (Å²) in [6.07, 6.45) is 7.08. The first kappa shape index (κ1) is 10.9. The van der Waals surface area contributed by atoms with Crippen LogP contribution >= 0.6 is 0 Å². The van der Waals surface area contributed by atoms with Crippen LogP contribution < -0.4 is 10.6 Å². The lowest BCUT2D eigenvalue weighted by molar-refractivity contribution is -0.125. The van der Waals surface area contributed by atoms with Gasteiger partial charge in [0.15, 0.2) is 0 Å². The Kier molecular flexibility index (Phi) is 3.62. The number of carbonyl (C=O) groups excluding carboxylic acids is 1. The van der Waals surface area contributed by atoms with Crippen molar-refractivity contribution in [2.75, 3.05) is 6.54 Å². The van der Waals surface area contributed by atoms with Gasteiger partial charge < -0.3 is 10.6 Å². The summed E-state index contributed by atoms with van der Waals surface area (Å²) in [5, 5.41) is 6.45. The molecule has 15 heavy (non-hydrogen) atoms. The van der Waals surface area contributed by atoms with Crippen molar-refractivity contribution >= 4 is 5.91 Å². The molecule has 2 N–H and O–H groups in total. The largest absolute Gasteiger partial charge is 0.352 e. The summed E-state index contributed by atoms with van der Waals surface area (Å²) < 4.78 is 0. The van der Waals surface area contributed by atoms with Crippen LogP contribution in [-0.2, 0) is 4.79 Å². The van der Waals surface area contributed by atoms with Crippen molar-refractivity contribution in [1.82, 2.24) is 10.6 Å². The molecule has 86 valence electrons. The highest BCUT2D eigenvalue weighted by Crippen LogP contribution is 2.21. The SMILES string of the molecule is CCC1CCNC(C(=O)NC2CCC2)C1. The molecule has 0 aromatic rings. The molecule has 2 fully saturated rings. The fourth-order valence-corrected chi connectivity index (χ4v) is 2.42. The van der Waals surface area contributed by atoms with Gasteiger partial charge in [0.05, 0.1) is 6.04 Å². The Morgan fingerprint density at radius 2 is 2.20 bits per heavy atom. The van der Waals surface area contributed by atoms with Gasteiger partial charge in [-0.05, 0) is 44.6 Å². The van der Waals surface area contributed by atoms with E-state index >= 15 is 0 Å². The molecular formula is C12H22N2O. The van der Waals surface area contributed by atoms with Crippen LogP contribution in [0.5, 0.6) is 0 Å². The minimum absolute atomic E-state index is 0.0734. The van der Waals surface area contributed by atoms with Crippen LogP contribution in [0.3, 0.4) is 0 Å². The highest BCUT2D eigenvalue weighted by molar-refractivity contribution is 5.82. The third-order valence-electron chi connectivity index (χ3n) is 3.86. The quantitative estimate of drug-likeness (QED) is 0.740. The van der Waals surface area contributed by atoms with E-state index in [9.17, 15) is 4.79 Å². The van der Waals surface area contributed by atoms with Crippen molar-refractivity contribution in [3.05, 3.63) is 0 Å². The highest BCUT2D eigenvalue weighted by atomic mass is 16.2. The van der Waals surface area contributed by atoms with Crippen LogP contribution in [0.2, 0.25) is 0 Å². The maximum Gasteiger partial charge on any atom is 0.237 e. The second kappa shape index (κ2) is 4.97. The average Bonchev–Trinajstić information content (AvgIpc) is 2.23. The van der Waals surface area contributed by atoms with Gasteiger partial charge in [-0.3, -0.25) is 4.79 Å². The molecule has 1 amide bonds. The fourth-order valence-electron chi connectivity index (χ4n) is 2.42. The number of carbonyl (C=O) groups is 1. The van der Waals surface area contributed by atoms with E-state index in [1.165, 1.54) is 32.1 Å². The van der Waals surface area contributed by atoms with Crippen molar-refractivity contribution in [2.45, 2.75) is 57.5 Å². The van der Waals surface area contributed by atoms with Gasteiger partial charge in [0.1, 0.15) is 0 Å². The third-order valence-corrected chi connectivity index (χ3v) is 3.86. The van der Waals surface area contributed by atoms with Gasteiger partial charge >= 0.3 is 0 Å². The first-order valence-electron chi connectivity index (χ1n) is 6.33. The zero-order chi connectivity index (χ0) is 10.7. The van der Waals surface area contributed by atoms with Crippen molar-refractivity contribution in [1.29, 1.82) is 0 Å². The molecule has 0 aromatic heterocycles. The van der Waals surface area contributed by atoms with Crippen molar-refractivity contribution < 1.29 is 4.79 Å². The van der Waals surface area contributed by atoms with Gasteiger partial charge in [0.2, 0.25) is 5.91 Å². The third kappa shape index (κ3) is 2.71. The van der Waals surface area contributed by atoms with Gasteiger partial charge in [0.25, 0.3) is 0 Å². The molecule has 0 spiro atoms. The fraction of sp³-hybridized carbons (Fsp3) is 0.917. The van der Waals surface area contributed by atoms with E-state index in [1.807, 2.05) is 0 Å². The summed E-state index contributed by atoms with van der Waals surface area (Å²) in [5.41, 5.74) is 0. The summed E-state index contributed by atoms with van der Waals surface area (Å²) in [6, 6.07) is 0.547. The topological polar surface area (TPSA) is 41.1 Å². The first-order valence-corrected chi connectivity index (χ1v) is 6.33. The summed E-state index contributed by atoms with van der Waals surface area (Å²) >= 11 is 0. The second-order valence-corrected chi connectivity index (χ2v) is 4.94. The summed E-state index contributed by atoms with van der Waals surface area (Å²) in [6.45, 7) is 3.22. The van der Waals surface area contributed by atoms with E-state index in [4.69, 9.17) is 0 Å². The molecule has 1 aliphatic heterocycles. The normalized spacial score (nSPS) is 32.1. The zero-order valence-corrected chi connectivity index (χ0v) is 9.59. The Hall–Kier alpha value is -0.570. The minimum atomic E-state index is 0.0734. The van der Waals surface area contributed by atoms with Gasteiger partial charge in [0, 0.05) is 6.04 Å². The van der Waals surface area contributed by atoms with Crippen LogP contribution in [0.4, 0.5) is 0 Å². The van der Waals surface area contributed by atoms with Crippen LogP contribution in [0.15, 0.2) is 0 Å². The van der Waals surface area contributed by atoms with E-state index in [1.54, 1.807) is 0 Å².